The monoisotopic (exact) mass is 1110 g/mol. The Hall–Kier alpha value is -7.22. The first kappa shape index (κ1) is 55.7. The molecule has 1 N–H and O–H groups in total. The molecule has 2 fully saturated rings. The van der Waals surface area contributed by atoms with Crippen molar-refractivity contribution in [3.63, 3.8) is 0 Å². The van der Waals surface area contributed by atoms with Crippen LogP contribution in [0.5, 0.6) is 11.5 Å². The lowest BCUT2D eigenvalue weighted by Gasteiger charge is -2.39. The van der Waals surface area contributed by atoms with Gasteiger partial charge in [0.1, 0.15) is 11.5 Å². The second-order valence-corrected chi connectivity index (χ2v) is 22.8. The summed E-state index contributed by atoms with van der Waals surface area (Å²) in [6, 6.07) is 31.3. The number of piperidine rings is 1. The maximum absolute atomic E-state index is 15.6. The summed E-state index contributed by atoms with van der Waals surface area (Å²) in [5.74, 6) is 0.505. The number of methoxy groups -OCH3 is 1. The molecule has 0 radical (unpaired) electrons. The van der Waals surface area contributed by atoms with Gasteiger partial charge >= 0.3 is 18.5 Å². The van der Waals surface area contributed by atoms with Crippen LogP contribution in [0, 0.1) is 5.92 Å². The van der Waals surface area contributed by atoms with E-state index >= 15 is 26.3 Å². The van der Waals surface area contributed by atoms with Crippen LogP contribution < -0.4 is 19.7 Å². The third kappa shape index (κ3) is 10.3. The first-order valence-electron chi connectivity index (χ1n) is 28.1. The van der Waals surface area contributed by atoms with Gasteiger partial charge in [-0.15, -0.1) is 0 Å². The minimum Gasteiger partial charge on any atom is -0.496 e. The molecule has 2 heterocycles. The number of ether oxygens (including phenoxy) is 2. The van der Waals surface area contributed by atoms with E-state index in [-0.39, 0.29) is 67.4 Å². The van der Waals surface area contributed by atoms with E-state index in [4.69, 9.17) is 9.47 Å². The largest absolute Gasteiger partial charge is 0.496 e. The van der Waals surface area contributed by atoms with Crippen LogP contribution in [0.25, 0.3) is 39.1 Å². The van der Waals surface area contributed by atoms with Crippen LogP contribution in [0.15, 0.2) is 127 Å². The molecule has 1 saturated heterocycles. The minimum absolute atomic E-state index is 0.0193. The highest BCUT2D eigenvalue weighted by Crippen LogP contribution is 2.62. The molecule has 7 aromatic carbocycles. The number of halogens is 9. The number of amides is 1. The molecule has 7 aromatic rings. The van der Waals surface area contributed by atoms with Gasteiger partial charge in [0.2, 0.25) is 0 Å². The molecule has 0 spiro atoms. The summed E-state index contributed by atoms with van der Waals surface area (Å²) in [6.45, 7) is 7.01. The highest BCUT2D eigenvalue weighted by molar-refractivity contribution is 6.11. The third-order valence-corrected chi connectivity index (χ3v) is 17.5. The molecular weight excluding hydrogens is 1050 g/mol. The molecule has 0 aromatic heterocycles. The summed E-state index contributed by atoms with van der Waals surface area (Å²) in [5, 5.41) is 2.84. The van der Waals surface area contributed by atoms with Gasteiger partial charge in [0, 0.05) is 63.1 Å². The number of nitrogens with one attached hydrogen (secondary N) is 1. The van der Waals surface area contributed by atoms with Crippen molar-refractivity contribution in [1.82, 2.24) is 0 Å². The quantitative estimate of drug-likeness (QED) is 0.0978. The number of rotatable bonds is 12. The molecule has 1 unspecified atom stereocenters. The van der Waals surface area contributed by atoms with Crippen LogP contribution in [-0.2, 0) is 29.5 Å². The van der Waals surface area contributed by atoms with Crippen molar-refractivity contribution < 1.29 is 53.8 Å². The zero-order valence-electron chi connectivity index (χ0n) is 45.6. The molecule has 2 aliphatic heterocycles. The summed E-state index contributed by atoms with van der Waals surface area (Å²) in [4.78, 5) is 16.0. The number of carbonyl (C=O) groups is 1. The van der Waals surface area contributed by atoms with Crippen molar-refractivity contribution in [2.75, 3.05) is 30.4 Å². The van der Waals surface area contributed by atoms with Gasteiger partial charge < -0.3 is 19.7 Å². The Labute approximate surface area is 466 Å². The van der Waals surface area contributed by atoms with E-state index in [0.717, 1.165) is 81.3 Å². The van der Waals surface area contributed by atoms with Crippen molar-refractivity contribution in [3.05, 3.63) is 183 Å². The smallest absolute Gasteiger partial charge is 0.417 e. The van der Waals surface area contributed by atoms with Crippen LogP contribution in [-0.4, -0.2) is 26.1 Å². The van der Waals surface area contributed by atoms with Gasteiger partial charge in [-0.05, 0) is 162 Å². The zero-order chi connectivity index (χ0) is 57.2. The number of fused-ring (bicyclic) bond motifs is 8. The van der Waals surface area contributed by atoms with Crippen LogP contribution in [0.2, 0.25) is 0 Å². The van der Waals surface area contributed by atoms with Gasteiger partial charge in [-0.3, -0.25) is 4.79 Å². The fourth-order valence-electron chi connectivity index (χ4n) is 13.4. The summed E-state index contributed by atoms with van der Waals surface area (Å²) in [7, 11) is 1.26. The Morgan fingerprint density at radius 2 is 1.36 bits per heavy atom. The lowest BCUT2D eigenvalue weighted by atomic mass is 9.75. The molecule has 2 aliphatic carbocycles. The number of unbranched alkanes of at least 4 members (excludes halogenated alkanes) is 2. The van der Waals surface area contributed by atoms with E-state index in [0.29, 0.717) is 23.1 Å². The molecule has 5 nitrogen and oxygen atoms in total. The summed E-state index contributed by atoms with van der Waals surface area (Å²) < 4.78 is 151. The van der Waals surface area contributed by atoms with Crippen molar-refractivity contribution >= 4 is 34.1 Å². The lowest BCUT2D eigenvalue weighted by molar-refractivity contribution is -0.143. The van der Waals surface area contributed by atoms with Crippen molar-refractivity contribution in [3.8, 4) is 33.8 Å². The number of alkyl halides is 9. The van der Waals surface area contributed by atoms with Crippen LogP contribution >= 0.6 is 0 Å². The first-order chi connectivity index (χ1) is 38.6. The second kappa shape index (κ2) is 21.3. The maximum atomic E-state index is 15.6. The Balaban J connectivity index is 1.05. The van der Waals surface area contributed by atoms with E-state index in [2.05, 4.69) is 17.1 Å². The van der Waals surface area contributed by atoms with Crippen LogP contribution in [0.1, 0.15) is 158 Å². The predicted octanol–water partition coefficient (Wildman–Crippen LogP) is 19.3. The number of hydrogen-bond donors (Lipinski definition) is 1. The number of anilines is 2. The number of nitrogens with zero attached hydrogens (tertiary/aromatic N) is 1. The number of carbonyl (C=O) groups excluding carboxylic acids is 1. The lowest BCUT2D eigenvalue weighted by Crippen LogP contribution is -2.35. The molecule has 422 valence electrons. The zero-order valence-corrected chi connectivity index (χ0v) is 45.6. The highest BCUT2D eigenvalue weighted by Gasteiger charge is 2.51. The molecule has 1 amide bonds. The standard InChI is InChI=1S/C67H63F9N2O3/c1-5-6-9-14-40-17-19-41(20-18-40)42-21-23-43(24-22-42)62(79)77-47-27-30-49(55(37-47)66(71,72)73)51-38-52-53(39-57(51)80-4)61-50(60-58(52)54-35-46(65(68,69)70)36-56(67(74,75)76)59(54)63(60,2)3)31-32-64(81-61,44-15-10-7-11-16-44)45-25-28-48(29-26-45)78-33-12-8-13-34-78/h7,10-11,15-16,21-32,35-41H,5-6,8-9,12-14,17-20,33-34H2,1-4H3,(H,77,79)/t40-,41-,64?. The normalized spacial score (nSPS) is 19.6. The van der Waals surface area contributed by atoms with Crippen molar-refractivity contribution in [1.29, 1.82) is 0 Å². The minimum atomic E-state index is -5.25. The average molecular weight is 1120 g/mol. The number of hydrogen-bond acceptors (Lipinski definition) is 4. The fraction of sp³-hybridized carbons (Fsp3) is 0.358. The maximum Gasteiger partial charge on any atom is 0.417 e. The Morgan fingerprint density at radius 3 is 2.00 bits per heavy atom. The van der Waals surface area contributed by atoms with Crippen LogP contribution in [0.4, 0.5) is 50.9 Å². The van der Waals surface area contributed by atoms with Crippen molar-refractivity contribution in [2.24, 2.45) is 5.92 Å². The van der Waals surface area contributed by atoms with Gasteiger partial charge in [0.25, 0.3) is 5.91 Å². The van der Waals surface area contributed by atoms with E-state index < -0.39 is 63.3 Å². The third-order valence-electron chi connectivity index (χ3n) is 17.5. The van der Waals surface area contributed by atoms with Gasteiger partial charge in [-0.2, -0.15) is 39.5 Å². The number of benzene rings is 7. The summed E-state index contributed by atoms with van der Waals surface area (Å²) >= 11 is 0. The van der Waals surface area contributed by atoms with Gasteiger partial charge in [0.15, 0.2) is 5.60 Å². The molecule has 11 rings (SSSR count). The first-order valence-corrected chi connectivity index (χ1v) is 28.1. The van der Waals surface area contributed by atoms with E-state index in [1.807, 2.05) is 66.7 Å². The second-order valence-electron chi connectivity index (χ2n) is 22.8. The van der Waals surface area contributed by atoms with Crippen molar-refractivity contribution in [2.45, 2.75) is 127 Å². The highest BCUT2D eigenvalue weighted by atomic mass is 19.4. The van der Waals surface area contributed by atoms with E-state index in [1.54, 1.807) is 24.3 Å². The fourth-order valence-corrected chi connectivity index (χ4v) is 13.4. The molecular formula is C67H63F9N2O3. The molecule has 81 heavy (non-hydrogen) atoms. The Bertz CT molecular complexity index is 3530. The van der Waals surface area contributed by atoms with Crippen LogP contribution in [0.3, 0.4) is 0 Å². The van der Waals surface area contributed by atoms with E-state index in [1.165, 1.54) is 70.9 Å². The van der Waals surface area contributed by atoms with Gasteiger partial charge in [-0.25, -0.2) is 0 Å². The van der Waals surface area contributed by atoms with Gasteiger partial charge in [-0.1, -0.05) is 113 Å². The summed E-state index contributed by atoms with van der Waals surface area (Å²) in [6.07, 6.45) is 0.599. The topological polar surface area (TPSA) is 50.8 Å². The molecule has 1 saturated carbocycles. The molecule has 4 aliphatic rings. The SMILES string of the molecule is CCCCC[C@H]1CC[C@H](c2ccc(C(=O)Nc3ccc(-c4cc5c6c(c7c(c5cc4OC)OC(c4ccccc4)(c4ccc(N5CCCCC5)cc4)C=C7)C(C)(C)c4c-6cc(C(F)(F)F)cc4C(F)(F)F)c(C(F)(F)F)c3)cc2)CC1. The predicted molar refractivity (Wildman–Crippen MR) is 301 cm³/mol. The van der Waals surface area contributed by atoms with E-state index in [9.17, 15) is 18.0 Å². The molecule has 0 bridgehead atoms. The van der Waals surface area contributed by atoms with Gasteiger partial charge in [0.05, 0.1) is 23.8 Å². The molecule has 1 atom stereocenters. The molecule has 14 heteroatoms. The Kier molecular flexibility index (Phi) is 14.6. The Morgan fingerprint density at radius 1 is 0.679 bits per heavy atom. The summed E-state index contributed by atoms with van der Waals surface area (Å²) in [5.41, 5.74) is -4.55. The average Bonchev–Trinajstić information content (AvgIpc) is 3.38.